The van der Waals surface area contributed by atoms with Crippen LogP contribution in [0.1, 0.15) is 11.3 Å². The van der Waals surface area contributed by atoms with Gasteiger partial charge in [-0.25, -0.2) is 4.39 Å². The van der Waals surface area contributed by atoms with Crippen molar-refractivity contribution < 1.29 is 9.50 Å². The zero-order chi connectivity index (χ0) is 11.5. The summed E-state index contributed by atoms with van der Waals surface area (Å²) in [4.78, 5) is 0. The van der Waals surface area contributed by atoms with Crippen LogP contribution in [0.15, 0.2) is 36.5 Å². The van der Waals surface area contributed by atoms with Gasteiger partial charge in [-0.3, -0.25) is 0 Å². The van der Waals surface area contributed by atoms with E-state index < -0.39 is 0 Å². The summed E-state index contributed by atoms with van der Waals surface area (Å²) in [6.07, 6.45) is 1.79. The van der Waals surface area contributed by atoms with E-state index in [4.69, 9.17) is 16.7 Å². The van der Waals surface area contributed by atoms with Crippen molar-refractivity contribution in [3.8, 4) is 0 Å². The fraction of sp³-hybridized carbons (Fsp3) is 0.167. The Balaban J connectivity index is 2.34. The standard InChI is InChI=1S/C12H11ClFNO/c13-11-4-1-5-12(14)10(11)7-15-6-2-3-9(15)8-16/h1-6,16H,7-8H2. The number of nitrogens with zero attached hydrogens (tertiary/aromatic N) is 1. The molecule has 1 N–H and O–H groups in total. The molecule has 0 saturated heterocycles. The number of aliphatic hydroxyl groups excluding tert-OH is 1. The zero-order valence-corrected chi connectivity index (χ0v) is 9.28. The number of aromatic nitrogens is 1. The van der Waals surface area contributed by atoms with Crippen LogP contribution < -0.4 is 0 Å². The molecule has 84 valence electrons. The van der Waals surface area contributed by atoms with Crippen molar-refractivity contribution in [2.75, 3.05) is 0 Å². The maximum absolute atomic E-state index is 13.5. The fourth-order valence-electron chi connectivity index (χ4n) is 1.60. The van der Waals surface area contributed by atoms with Crippen LogP contribution >= 0.6 is 11.6 Å². The quantitative estimate of drug-likeness (QED) is 0.876. The van der Waals surface area contributed by atoms with Crippen molar-refractivity contribution in [1.82, 2.24) is 4.57 Å². The van der Waals surface area contributed by atoms with Gasteiger partial charge in [0.1, 0.15) is 5.82 Å². The molecule has 0 saturated carbocycles. The average Bonchev–Trinajstić information content (AvgIpc) is 2.71. The molecule has 4 heteroatoms. The molecular formula is C12H11ClFNO. The Kier molecular flexibility index (Phi) is 3.27. The van der Waals surface area contributed by atoms with Crippen LogP contribution in [0.3, 0.4) is 0 Å². The molecule has 0 bridgehead atoms. The van der Waals surface area contributed by atoms with Crippen LogP contribution in [0, 0.1) is 5.82 Å². The number of rotatable bonds is 3. The van der Waals surface area contributed by atoms with Crippen molar-refractivity contribution in [2.45, 2.75) is 13.2 Å². The Morgan fingerprint density at radius 2 is 2.06 bits per heavy atom. The van der Waals surface area contributed by atoms with Crippen LogP contribution in [0.5, 0.6) is 0 Å². The molecule has 1 aromatic carbocycles. The lowest BCUT2D eigenvalue weighted by Gasteiger charge is -2.09. The lowest BCUT2D eigenvalue weighted by molar-refractivity contribution is 0.271. The van der Waals surface area contributed by atoms with E-state index in [1.54, 1.807) is 35.0 Å². The molecule has 0 atom stereocenters. The second kappa shape index (κ2) is 4.68. The van der Waals surface area contributed by atoms with Crippen molar-refractivity contribution >= 4 is 11.6 Å². The Hall–Kier alpha value is -1.32. The van der Waals surface area contributed by atoms with Gasteiger partial charge in [0.05, 0.1) is 13.2 Å². The SMILES string of the molecule is OCc1cccn1Cc1c(F)cccc1Cl. The zero-order valence-electron chi connectivity index (χ0n) is 8.53. The number of aliphatic hydroxyl groups is 1. The molecule has 0 unspecified atom stereocenters. The van der Waals surface area contributed by atoms with E-state index in [2.05, 4.69) is 0 Å². The molecule has 0 aliphatic rings. The van der Waals surface area contributed by atoms with Gasteiger partial charge in [0, 0.05) is 22.5 Å². The van der Waals surface area contributed by atoms with Crippen LogP contribution in [0.25, 0.3) is 0 Å². The number of hydrogen-bond acceptors (Lipinski definition) is 1. The van der Waals surface area contributed by atoms with Crippen molar-refractivity contribution in [1.29, 1.82) is 0 Å². The minimum Gasteiger partial charge on any atom is -0.390 e. The summed E-state index contributed by atoms with van der Waals surface area (Å²) in [5.41, 5.74) is 1.18. The highest BCUT2D eigenvalue weighted by atomic mass is 35.5. The summed E-state index contributed by atoms with van der Waals surface area (Å²) in [6, 6.07) is 8.20. The van der Waals surface area contributed by atoms with Crippen LogP contribution in [0.2, 0.25) is 5.02 Å². The number of hydrogen-bond donors (Lipinski definition) is 1. The first-order valence-corrected chi connectivity index (χ1v) is 5.28. The monoisotopic (exact) mass is 239 g/mol. The third kappa shape index (κ3) is 2.10. The Bertz CT molecular complexity index is 475. The Morgan fingerprint density at radius 1 is 1.25 bits per heavy atom. The maximum Gasteiger partial charge on any atom is 0.129 e. The molecular weight excluding hydrogens is 229 g/mol. The molecule has 2 nitrogen and oxygen atoms in total. The largest absolute Gasteiger partial charge is 0.390 e. The van der Waals surface area contributed by atoms with Gasteiger partial charge >= 0.3 is 0 Å². The Morgan fingerprint density at radius 3 is 2.75 bits per heavy atom. The summed E-state index contributed by atoms with van der Waals surface area (Å²) in [5, 5.41) is 9.48. The summed E-state index contributed by atoms with van der Waals surface area (Å²) in [5.74, 6) is -0.329. The molecule has 1 aromatic heterocycles. The molecule has 1 heterocycles. The minimum atomic E-state index is -0.329. The highest BCUT2D eigenvalue weighted by Crippen LogP contribution is 2.20. The van der Waals surface area contributed by atoms with Gasteiger partial charge in [-0.15, -0.1) is 0 Å². The van der Waals surface area contributed by atoms with Crippen molar-refractivity contribution in [3.63, 3.8) is 0 Å². The molecule has 16 heavy (non-hydrogen) atoms. The van der Waals surface area contributed by atoms with Crippen LogP contribution in [0.4, 0.5) is 4.39 Å². The van der Waals surface area contributed by atoms with Crippen molar-refractivity contribution in [3.05, 3.63) is 58.6 Å². The van der Waals surface area contributed by atoms with Gasteiger partial charge in [0.15, 0.2) is 0 Å². The van der Waals surface area contributed by atoms with E-state index in [1.165, 1.54) is 6.07 Å². The normalized spacial score (nSPS) is 10.7. The lowest BCUT2D eigenvalue weighted by atomic mass is 10.2. The summed E-state index contributed by atoms with van der Waals surface area (Å²) in [7, 11) is 0. The predicted octanol–water partition coefficient (Wildman–Crippen LogP) is 2.82. The summed E-state index contributed by atoms with van der Waals surface area (Å²) in [6.45, 7) is 0.257. The summed E-state index contributed by atoms with van der Waals surface area (Å²) < 4.78 is 15.3. The smallest absolute Gasteiger partial charge is 0.129 e. The van der Waals surface area contributed by atoms with E-state index >= 15 is 0 Å². The summed E-state index contributed by atoms with van der Waals surface area (Å²) >= 11 is 5.93. The first-order valence-electron chi connectivity index (χ1n) is 4.90. The van der Waals surface area contributed by atoms with E-state index in [0.29, 0.717) is 17.1 Å². The second-order valence-electron chi connectivity index (χ2n) is 3.49. The van der Waals surface area contributed by atoms with Gasteiger partial charge in [-0.05, 0) is 24.3 Å². The molecule has 0 spiro atoms. The molecule has 0 fully saturated rings. The highest BCUT2D eigenvalue weighted by molar-refractivity contribution is 6.31. The highest BCUT2D eigenvalue weighted by Gasteiger charge is 2.08. The minimum absolute atomic E-state index is 0.0704. The first kappa shape index (κ1) is 11.2. The van der Waals surface area contributed by atoms with Gasteiger partial charge < -0.3 is 9.67 Å². The number of benzene rings is 1. The molecule has 2 aromatic rings. The van der Waals surface area contributed by atoms with Crippen LogP contribution in [-0.2, 0) is 13.2 Å². The predicted molar refractivity (Wildman–Crippen MR) is 60.9 cm³/mol. The second-order valence-corrected chi connectivity index (χ2v) is 3.89. The van der Waals surface area contributed by atoms with Gasteiger partial charge in [0.2, 0.25) is 0 Å². The first-order chi connectivity index (χ1) is 7.72. The van der Waals surface area contributed by atoms with Gasteiger partial charge in [-0.2, -0.15) is 0 Å². The van der Waals surface area contributed by atoms with Crippen LogP contribution in [-0.4, -0.2) is 9.67 Å². The maximum atomic E-state index is 13.5. The average molecular weight is 240 g/mol. The fourth-order valence-corrected chi connectivity index (χ4v) is 1.82. The lowest BCUT2D eigenvalue weighted by Crippen LogP contribution is -2.05. The third-order valence-electron chi connectivity index (χ3n) is 2.48. The van der Waals surface area contributed by atoms with E-state index in [9.17, 15) is 4.39 Å². The van der Waals surface area contributed by atoms with Gasteiger partial charge in [0.25, 0.3) is 0 Å². The van der Waals surface area contributed by atoms with E-state index in [-0.39, 0.29) is 12.4 Å². The molecule has 0 aliphatic carbocycles. The number of halogens is 2. The molecule has 0 aliphatic heterocycles. The molecule has 0 radical (unpaired) electrons. The van der Waals surface area contributed by atoms with Crippen molar-refractivity contribution in [2.24, 2.45) is 0 Å². The Labute approximate surface area is 97.9 Å². The van der Waals surface area contributed by atoms with E-state index in [0.717, 1.165) is 5.69 Å². The van der Waals surface area contributed by atoms with E-state index in [1.807, 2.05) is 0 Å². The molecule has 0 amide bonds. The molecule has 2 rings (SSSR count). The third-order valence-corrected chi connectivity index (χ3v) is 2.83. The van der Waals surface area contributed by atoms with Gasteiger partial charge in [-0.1, -0.05) is 17.7 Å². The topological polar surface area (TPSA) is 25.2 Å².